The second-order valence-corrected chi connectivity index (χ2v) is 9.49. The van der Waals surface area contributed by atoms with E-state index in [0.717, 1.165) is 54.6 Å². The standard InChI is InChI=1S/C26H26Cl3N3O2/c1-18-14-21(7-8-22(18)27)34-17-26(33)30-20-6-9-25(24(29)15-20)32-12-10-31(11-13-32)16-19-4-2-3-5-23(19)28/h2-9,14-15H,10-13,16-17H2,1H3,(H,30,33). The monoisotopic (exact) mass is 517 g/mol. The van der Waals surface area contributed by atoms with Gasteiger partial charge in [-0.3, -0.25) is 9.69 Å². The van der Waals surface area contributed by atoms with E-state index in [0.29, 0.717) is 21.5 Å². The molecule has 1 N–H and O–H groups in total. The Labute approximate surface area is 215 Å². The Morgan fingerprint density at radius 1 is 0.912 bits per heavy atom. The van der Waals surface area contributed by atoms with Crippen molar-refractivity contribution in [2.24, 2.45) is 0 Å². The summed E-state index contributed by atoms with van der Waals surface area (Å²) in [6.07, 6.45) is 0. The van der Waals surface area contributed by atoms with Gasteiger partial charge in [0.1, 0.15) is 5.75 Å². The summed E-state index contributed by atoms with van der Waals surface area (Å²) in [5.74, 6) is 0.337. The summed E-state index contributed by atoms with van der Waals surface area (Å²) in [6, 6.07) is 18.8. The quantitative estimate of drug-likeness (QED) is 0.399. The molecular weight excluding hydrogens is 493 g/mol. The van der Waals surface area contributed by atoms with E-state index >= 15 is 0 Å². The Hall–Kier alpha value is -2.44. The van der Waals surface area contributed by atoms with E-state index in [1.165, 1.54) is 0 Å². The molecule has 1 fully saturated rings. The van der Waals surface area contributed by atoms with Gasteiger partial charge < -0.3 is 15.0 Å². The predicted octanol–water partition coefficient (Wildman–Crippen LogP) is 6.29. The van der Waals surface area contributed by atoms with Gasteiger partial charge in [0.05, 0.1) is 10.7 Å². The minimum atomic E-state index is -0.260. The number of amides is 1. The van der Waals surface area contributed by atoms with Crippen LogP contribution in [0.15, 0.2) is 60.7 Å². The van der Waals surface area contributed by atoms with Crippen LogP contribution in [0.25, 0.3) is 0 Å². The first-order valence-electron chi connectivity index (χ1n) is 11.1. The third kappa shape index (κ3) is 6.36. The Morgan fingerprint density at radius 2 is 1.68 bits per heavy atom. The van der Waals surface area contributed by atoms with E-state index in [2.05, 4.69) is 21.2 Å². The van der Waals surface area contributed by atoms with Gasteiger partial charge in [0.15, 0.2) is 6.61 Å². The van der Waals surface area contributed by atoms with E-state index in [1.807, 2.05) is 37.3 Å². The van der Waals surface area contributed by atoms with Gasteiger partial charge in [-0.2, -0.15) is 0 Å². The molecule has 1 aliphatic rings. The van der Waals surface area contributed by atoms with Gasteiger partial charge in [-0.1, -0.05) is 53.0 Å². The van der Waals surface area contributed by atoms with Crippen molar-refractivity contribution in [3.05, 3.63) is 86.9 Å². The summed E-state index contributed by atoms with van der Waals surface area (Å²) in [4.78, 5) is 17.0. The molecule has 0 unspecified atom stereocenters. The fourth-order valence-electron chi connectivity index (χ4n) is 3.91. The average Bonchev–Trinajstić information content (AvgIpc) is 2.82. The predicted molar refractivity (Wildman–Crippen MR) is 141 cm³/mol. The molecule has 1 amide bonds. The van der Waals surface area contributed by atoms with Crippen molar-refractivity contribution < 1.29 is 9.53 Å². The number of ether oxygens (including phenoxy) is 1. The van der Waals surface area contributed by atoms with Crippen LogP contribution in [-0.4, -0.2) is 43.6 Å². The van der Waals surface area contributed by atoms with Crippen LogP contribution in [0.1, 0.15) is 11.1 Å². The molecule has 0 bridgehead atoms. The summed E-state index contributed by atoms with van der Waals surface area (Å²) in [5.41, 5.74) is 3.63. The SMILES string of the molecule is Cc1cc(OCC(=O)Nc2ccc(N3CCN(Cc4ccccc4Cl)CC3)c(Cl)c2)ccc1Cl. The summed E-state index contributed by atoms with van der Waals surface area (Å²) < 4.78 is 5.56. The largest absolute Gasteiger partial charge is 0.484 e. The molecule has 34 heavy (non-hydrogen) atoms. The van der Waals surface area contributed by atoms with Crippen molar-refractivity contribution in [3.63, 3.8) is 0 Å². The number of hydrogen-bond acceptors (Lipinski definition) is 4. The van der Waals surface area contributed by atoms with Gasteiger partial charge >= 0.3 is 0 Å². The summed E-state index contributed by atoms with van der Waals surface area (Å²) in [7, 11) is 0. The molecule has 1 heterocycles. The normalized spacial score (nSPS) is 14.2. The number of aryl methyl sites for hydroxylation is 1. The van der Waals surface area contributed by atoms with Crippen LogP contribution < -0.4 is 15.0 Å². The van der Waals surface area contributed by atoms with Gasteiger partial charge in [0.25, 0.3) is 5.91 Å². The first-order valence-corrected chi connectivity index (χ1v) is 12.2. The third-order valence-corrected chi connectivity index (χ3v) is 6.89. The minimum Gasteiger partial charge on any atom is -0.484 e. The molecule has 3 aromatic rings. The second kappa shape index (κ2) is 11.3. The average molecular weight is 519 g/mol. The summed E-state index contributed by atoms with van der Waals surface area (Å²) in [6.45, 7) is 6.19. The third-order valence-electron chi connectivity index (χ3n) is 5.80. The lowest BCUT2D eigenvalue weighted by Crippen LogP contribution is -2.46. The van der Waals surface area contributed by atoms with Crippen LogP contribution >= 0.6 is 34.8 Å². The number of hydrogen-bond donors (Lipinski definition) is 1. The highest BCUT2D eigenvalue weighted by atomic mass is 35.5. The fourth-order valence-corrected chi connectivity index (χ4v) is 4.52. The lowest BCUT2D eigenvalue weighted by Gasteiger charge is -2.36. The smallest absolute Gasteiger partial charge is 0.262 e. The van der Waals surface area contributed by atoms with E-state index < -0.39 is 0 Å². The number of benzene rings is 3. The number of halogens is 3. The van der Waals surface area contributed by atoms with Crippen molar-refractivity contribution in [1.82, 2.24) is 4.90 Å². The van der Waals surface area contributed by atoms with Gasteiger partial charge in [-0.15, -0.1) is 0 Å². The molecule has 8 heteroatoms. The van der Waals surface area contributed by atoms with E-state index in [1.54, 1.807) is 24.3 Å². The summed E-state index contributed by atoms with van der Waals surface area (Å²) >= 11 is 18.9. The van der Waals surface area contributed by atoms with Crippen LogP contribution in [0.5, 0.6) is 5.75 Å². The minimum absolute atomic E-state index is 0.103. The molecule has 1 aliphatic heterocycles. The Bertz CT molecular complexity index is 1160. The molecule has 178 valence electrons. The molecule has 1 saturated heterocycles. The number of piperazine rings is 1. The van der Waals surface area contributed by atoms with Crippen LogP contribution in [0, 0.1) is 6.92 Å². The number of anilines is 2. The number of carbonyl (C=O) groups is 1. The number of carbonyl (C=O) groups excluding carboxylic acids is 1. The van der Waals surface area contributed by atoms with Crippen LogP contribution in [-0.2, 0) is 11.3 Å². The highest BCUT2D eigenvalue weighted by Crippen LogP contribution is 2.30. The summed E-state index contributed by atoms with van der Waals surface area (Å²) in [5, 5.41) is 4.90. The zero-order chi connectivity index (χ0) is 24.1. The second-order valence-electron chi connectivity index (χ2n) is 8.27. The van der Waals surface area contributed by atoms with Crippen molar-refractivity contribution in [2.75, 3.05) is 43.0 Å². The van der Waals surface area contributed by atoms with Gasteiger partial charge in [0, 0.05) is 48.5 Å². The van der Waals surface area contributed by atoms with Crippen molar-refractivity contribution in [1.29, 1.82) is 0 Å². The molecule has 0 radical (unpaired) electrons. The fraction of sp³-hybridized carbons (Fsp3) is 0.269. The zero-order valence-electron chi connectivity index (χ0n) is 18.9. The van der Waals surface area contributed by atoms with Gasteiger partial charge in [-0.05, 0) is 60.5 Å². The van der Waals surface area contributed by atoms with Crippen molar-refractivity contribution in [2.45, 2.75) is 13.5 Å². The number of nitrogens with one attached hydrogen (secondary N) is 1. The first kappa shape index (κ1) is 24.7. The molecular formula is C26H26Cl3N3O2. The molecule has 4 rings (SSSR count). The molecule has 0 atom stereocenters. The molecule has 0 aromatic heterocycles. The van der Waals surface area contributed by atoms with Gasteiger partial charge in [-0.25, -0.2) is 0 Å². The maximum absolute atomic E-state index is 12.3. The maximum atomic E-state index is 12.3. The zero-order valence-corrected chi connectivity index (χ0v) is 21.1. The first-order chi connectivity index (χ1) is 16.4. The molecule has 3 aromatic carbocycles. The van der Waals surface area contributed by atoms with Crippen LogP contribution in [0.3, 0.4) is 0 Å². The molecule has 0 saturated carbocycles. The van der Waals surface area contributed by atoms with Crippen molar-refractivity contribution >= 4 is 52.1 Å². The Balaban J connectivity index is 1.28. The van der Waals surface area contributed by atoms with Crippen molar-refractivity contribution in [3.8, 4) is 5.75 Å². The highest BCUT2D eigenvalue weighted by Gasteiger charge is 2.20. The number of nitrogens with zero attached hydrogens (tertiary/aromatic N) is 2. The van der Waals surface area contributed by atoms with E-state index in [-0.39, 0.29) is 12.5 Å². The Morgan fingerprint density at radius 3 is 2.38 bits per heavy atom. The number of rotatable bonds is 7. The topological polar surface area (TPSA) is 44.8 Å². The van der Waals surface area contributed by atoms with E-state index in [4.69, 9.17) is 39.5 Å². The molecule has 5 nitrogen and oxygen atoms in total. The highest BCUT2D eigenvalue weighted by molar-refractivity contribution is 6.33. The lowest BCUT2D eigenvalue weighted by atomic mass is 10.2. The van der Waals surface area contributed by atoms with Crippen LogP contribution in [0.2, 0.25) is 15.1 Å². The van der Waals surface area contributed by atoms with Gasteiger partial charge in [0.2, 0.25) is 0 Å². The Kier molecular flexibility index (Phi) is 8.22. The van der Waals surface area contributed by atoms with Crippen LogP contribution in [0.4, 0.5) is 11.4 Å². The maximum Gasteiger partial charge on any atom is 0.262 e. The molecule has 0 aliphatic carbocycles. The molecule has 0 spiro atoms. The van der Waals surface area contributed by atoms with E-state index in [9.17, 15) is 4.79 Å². The lowest BCUT2D eigenvalue weighted by molar-refractivity contribution is -0.118.